The Kier molecular flexibility index (Phi) is 4.30. The molecule has 1 rings (SSSR count). The van der Waals surface area contributed by atoms with Crippen LogP contribution in [0.3, 0.4) is 0 Å². The number of anilines is 1. The number of hydrazine groups is 1. The molecule has 0 saturated carbocycles. The summed E-state index contributed by atoms with van der Waals surface area (Å²) in [6, 6.07) is -0.338. The Balaban J connectivity index is 2.91. The van der Waals surface area contributed by atoms with Crippen molar-refractivity contribution in [1.29, 1.82) is 0 Å². The number of amides is 2. The molecule has 1 aromatic heterocycles. The SMILES string of the molecule is CCc1ncnc(N(C)NC(=O)NC)c1Cl. The Morgan fingerprint density at radius 3 is 2.81 bits per heavy atom. The number of aromatic nitrogens is 2. The maximum atomic E-state index is 11.1. The molecule has 1 heterocycles. The Morgan fingerprint density at radius 1 is 1.56 bits per heavy atom. The van der Waals surface area contributed by atoms with Crippen LogP contribution in [-0.2, 0) is 6.42 Å². The standard InChI is InChI=1S/C9H14ClN5O/c1-4-6-7(10)8(13-5-12-6)15(3)14-9(16)11-2/h5H,4H2,1-3H3,(H2,11,14,16). The highest BCUT2D eigenvalue weighted by Crippen LogP contribution is 2.23. The summed E-state index contributed by atoms with van der Waals surface area (Å²) in [5, 5.41) is 4.33. The van der Waals surface area contributed by atoms with E-state index in [0.29, 0.717) is 17.3 Å². The summed E-state index contributed by atoms with van der Waals surface area (Å²) < 4.78 is 0. The van der Waals surface area contributed by atoms with E-state index >= 15 is 0 Å². The first-order chi connectivity index (χ1) is 7.60. The summed E-state index contributed by atoms with van der Waals surface area (Å²) in [5.41, 5.74) is 3.29. The third-order valence-corrected chi connectivity index (χ3v) is 2.38. The van der Waals surface area contributed by atoms with Crippen molar-refractivity contribution in [3.8, 4) is 0 Å². The van der Waals surface area contributed by atoms with Gasteiger partial charge in [-0.3, -0.25) is 5.01 Å². The number of halogens is 1. The van der Waals surface area contributed by atoms with Crippen LogP contribution in [0.2, 0.25) is 5.02 Å². The van der Waals surface area contributed by atoms with E-state index in [2.05, 4.69) is 20.7 Å². The van der Waals surface area contributed by atoms with Gasteiger partial charge in [0, 0.05) is 14.1 Å². The molecule has 7 heteroatoms. The normalized spacial score (nSPS) is 9.75. The van der Waals surface area contributed by atoms with Gasteiger partial charge in [0.25, 0.3) is 0 Å². The van der Waals surface area contributed by atoms with Crippen LogP contribution in [0.25, 0.3) is 0 Å². The van der Waals surface area contributed by atoms with E-state index in [1.807, 2.05) is 6.92 Å². The zero-order chi connectivity index (χ0) is 12.1. The van der Waals surface area contributed by atoms with Crippen LogP contribution in [0, 0.1) is 0 Å². The Morgan fingerprint density at radius 2 is 2.25 bits per heavy atom. The van der Waals surface area contributed by atoms with Crippen LogP contribution in [0.1, 0.15) is 12.6 Å². The second kappa shape index (κ2) is 5.50. The number of carbonyl (C=O) groups is 1. The van der Waals surface area contributed by atoms with Gasteiger partial charge in [0.15, 0.2) is 5.82 Å². The molecule has 0 bridgehead atoms. The minimum absolute atomic E-state index is 0.338. The molecule has 0 atom stereocenters. The van der Waals surface area contributed by atoms with Crippen molar-refractivity contribution >= 4 is 23.4 Å². The van der Waals surface area contributed by atoms with E-state index in [4.69, 9.17) is 11.6 Å². The molecule has 0 radical (unpaired) electrons. The fourth-order valence-corrected chi connectivity index (χ4v) is 1.50. The molecular formula is C9H14ClN5O. The van der Waals surface area contributed by atoms with Crippen LogP contribution in [-0.4, -0.2) is 30.1 Å². The van der Waals surface area contributed by atoms with Gasteiger partial charge in [0.05, 0.1) is 5.69 Å². The maximum absolute atomic E-state index is 11.1. The molecule has 0 aliphatic rings. The topological polar surface area (TPSA) is 70.2 Å². The van der Waals surface area contributed by atoms with Gasteiger partial charge in [0.1, 0.15) is 11.3 Å². The zero-order valence-corrected chi connectivity index (χ0v) is 10.2. The van der Waals surface area contributed by atoms with Gasteiger partial charge in [-0.15, -0.1) is 0 Å². The van der Waals surface area contributed by atoms with Crippen LogP contribution in [0.15, 0.2) is 6.33 Å². The molecule has 2 N–H and O–H groups in total. The van der Waals surface area contributed by atoms with Crippen molar-refractivity contribution in [3.63, 3.8) is 0 Å². The fraction of sp³-hybridized carbons (Fsp3) is 0.444. The minimum Gasteiger partial charge on any atom is -0.340 e. The van der Waals surface area contributed by atoms with Crippen LogP contribution < -0.4 is 15.8 Å². The summed E-state index contributed by atoms with van der Waals surface area (Å²) in [6.45, 7) is 1.95. The average Bonchev–Trinajstić information content (AvgIpc) is 2.29. The number of rotatable bonds is 3. The van der Waals surface area contributed by atoms with Crippen LogP contribution in [0.4, 0.5) is 10.6 Å². The molecule has 0 saturated heterocycles. The number of carbonyl (C=O) groups excluding carboxylic acids is 1. The molecule has 0 aromatic carbocycles. The summed E-state index contributed by atoms with van der Waals surface area (Å²) in [6.07, 6.45) is 2.13. The molecule has 0 unspecified atom stereocenters. The Hall–Kier alpha value is -1.56. The molecule has 0 aliphatic heterocycles. The van der Waals surface area contributed by atoms with Gasteiger partial charge in [-0.1, -0.05) is 18.5 Å². The van der Waals surface area contributed by atoms with Crippen molar-refractivity contribution in [2.45, 2.75) is 13.3 Å². The quantitative estimate of drug-likeness (QED) is 0.777. The fourth-order valence-electron chi connectivity index (χ4n) is 1.14. The molecule has 0 aliphatic carbocycles. The maximum Gasteiger partial charge on any atom is 0.333 e. The van der Waals surface area contributed by atoms with Gasteiger partial charge in [-0.05, 0) is 6.42 Å². The summed E-state index contributed by atoms with van der Waals surface area (Å²) in [4.78, 5) is 19.2. The van der Waals surface area contributed by atoms with Crippen LogP contribution >= 0.6 is 11.6 Å². The average molecular weight is 244 g/mol. The summed E-state index contributed by atoms with van der Waals surface area (Å²) in [7, 11) is 3.19. The summed E-state index contributed by atoms with van der Waals surface area (Å²) in [5.74, 6) is 0.470. The lowest BCUT2D eigenvalue weighted by molar-refractivity contribution is 0.242. The van der Waals surface area contributed by atoms with E-state index in [0.717, 1.165) is 5.69 Å². The largest absolute Gasteiger partial charge is 0.340 e. The lowest BCUT2D eigenvalue weighted by atomic mass is 10.3. The van der Waals surface area contributed by atoms with E-state index in [-0.39, 0.29) is 6.03 Å². The van der Waals surface area contributed by atoms with Gasteiger partial charge in [-0.25, -0.2) is 20.2 Å². The lowest BCUT2D eigenvalue weighted by Crippen LogP contribution is -2.44. The summed E-state index contributed by atoms with van der Waals surface area (Å²) >= 11 is 6.09. The van der Waals surface area contributed by atoms with Gasteiger partial charge in [0.2, 0.25) is 0 Å². The highest BCUT2D eigenvalue weighted by atomic mass is 35.5. The highest BCUT2D eigenvalue weighted by Gasteiger charge is 2.13. The van der Waals surface area contributed by atoms with Crippen LogP contribution in [0.5, 0.6) is 0 Å². The first-order valence-corrected chi connectivity index (χ1v) is 5.19. The molecule has 1 aromatic rings. The number of nitrogens with zero attached hydrogens (tertiary/aromatic N) is 3. The van der Waals surface area contributed by atoms with E-state index in [9.17, 15) is 4.79 Å². The van der Waals surface area contributed by atoms with Gasteiger partial charge >= 0.3 is 6.03 Å². The molecule has 0 fully saturated rings. The third kappa shape index (κ3) is 2.73. The van der Waals surface area contributed by atoms with Gasteiger partial charge in [-0.2, -0.15) is 0 Å². The van der Waals surface area contributed by atoms with E-state index in [1.54, 1.807) is 7.05 Å². The van der Waals surface area contributed by atoms with Crippen molar-refractivity contribution < 1.29 is 4.79 Å². The Bertz CT molecular complexity index is 384. The number of nitrogens with one attached hydrogen (secondary N) is 2. The van der Waals surface area contributed by atoms with Crippen molar-refractivity contribution in [1.82, 2.24) is 20.7 Å². The number of aryl methyl sites for hydroxylation is 1. The van der Waals surface area contributed by atoms with E-state index in [1.165, 1.54) is 18.4 Å². The zero-order valence-electron chi connectivity index (χ0n) is 9.41. The molecule has 0 spiro atoms. The monoisotopic (exact) mass is 243 g/mol. The second-order valence-electron chi connectivity index (χ2n) is 3.06. The smallest absolute Gasteiger partial charge is 0.333 e. The minimum atomic E-state index is -0.338. The molecule has 6 nitrogen and oxygen atoms in total. The predicted molar refractivity (Wildman–Crippen MR) is 62.4 cm³/mol. The molecule has 2 amide bonds. The number of hydrogen-bond acceptors (Lipinski definition) is 4. The number of hydrogen-bond donors (Lipinski definition) is 2. The molecular weight excluding hydrogens is 230 g/mol. The lowest BCUT2D eigenvalue weighted by Gasteiger charge is -2.20. The first-order valence-electron chi connectivity index (χ1n) is 4.81. The molecule has 88 valence electrons. The number of urea groups is 1. The van der Waals surface area contributed by atoms with Crippen molar-refractivity contribution in [2.75, 3.05) is 19.1 Å². The molecule has 16 heavy (non-hydrogen) atoms. The second-order valence-corrected chi connectivity index (χ2v) is 3.44. The van der Waals surface area contributed by atoms with Crippen molar-refractivity contribution in [3.05, 3.63) is 17.0 Å². The third-order valence-electron chi connectivity index (χ3n) is 1.99. The van der Waals surface area contributed by atoms with E-state index < -0.39 is 0 Å². The first kappa shape index (κ1) is 12.5. The Labute approximate surface area is 99.0 Å². The van der Waals surface area contributed by atoms with Gasteiger partial charge < -0.3 is 5.32 Å². The van der Waals surface area contributed by atoms with Crippen molar-refractivity contribution in [2.24, 2.45) is 0 Å². The highest BCUT2D eigenvalue weighted by molar-refractivity contribution is 6.33. The predicted octanol–water partition coefficient (Wildman–Crippen LogP) is 0.973.